The van der Waals surface area contributed by atoms with E-state index in [0.717, 1.165) is 4.90 Å². The van der Waals surface area contributed by atoms with Crippen LogP contribution in [-0.4, -0.2) is 34.4 Å². The molecule has 0 spiro atoms. The molecule has 8 nitrogen and oxygen atoms in total. The molecule has 3 rings (SSSR count). The van der Waals surface area contributed by atoms with Gasteiger partial charge in [-0.05, 0) is 24.8 Å². The number of carbonyl (C=O) groups is 3. The first-order valence-electron chi connectivity index (χ1n) is 8.74. The van der Waals surface area contributed by atoms with E-state index in [1.165, 1.54) is 0 Å². The summed E-state index contributed by atoms with van der Waals surface area (Å²) >= 11 is 0. The highest BCUT2D eigenvalue weighted by molar-refractivity contribution is 6.10. The van der Waals surface area contributed by atoms with Crippen molar-refractivity contribution in [2.24, 2.45) is 5.92 Å². The van der Waals surface area contributed by atoms with Crippen LogP contribution in [-0.2, 0) is 15.1 Å². The van der Waals surface area contributed by atoms with Crippen LogP contribution in [0, 0.1) is 12.8 Å². The summed E-state index contributed by atoms with van der Waals surface area (Å²) in [5.41, 5.74) is -0.468. The Labute approximate surface area is 156 Å². The minimum Gasteiger partial charge on any atom is -0.360 e. The van der Waals surface area contributed by atoms with Gasteiger partial charge in [-0.2, -0.15) is 0 Å². The van der Waals surface area contributed by atoms with E-state index in [-0.39, 0.29) is 11.7 Å². The average molecular weight is 370 g/mol. The number of amides is 4. The zero-order chi connectivity index (χ0) is 19.6. The predicted molar refractivity (Wildman–Crippen MR) is 97.7 cm³/mol. The second-order valence-electron chi connectivity index (χ2n) is 7.06. The van der Waals surface area contributed by atoms with Crippen LogP contribution in [0.25, 0.3) is 0 Å². The SMILES string of the molecule is Cc1cc(NC(=O)CN2C(=O)N[C@@](CC(C)C)(c3ccccc3)C2=O)no1. The van der Waals surface area contributed by atoms with Crippen molar-refractivity contribution in [3.05, 3.63) is 47.7 Å². The Morgan fingerprint density at radius 3 is 2.59 bits per heavy atom. The summed E-state index contributed by atoms with van der Waals surface area (Å²) in [7, 11) is 0. The first kappa shape index (κ1) is 18.6. The maximum Gasteiger partial charge on any atom is 0.325 e. The summed E-state index contributed by atoms with van der Waals surface area (Å²) in [4.78, 5) is 38.9. The number of hydrogen-bond acceptors (Lipinski definition) is 5. The highest BCUT2D eigenvalue weighted by Gasteiger charge is 2.52. The molecule has 1 aromatic heterocycles. The first-order valence-corrected chi connectivity index (χ1v) is 8.74. The number of aromatic nitrogens is 1. The lowest BCUT2D eigenvalue weighted by molar-refractivity contribution is -0.134. The molecule has 0 aliphatic carbocycles. The molecule has 4 amide bonds. The molecule has 0 saturated carbocycles. The topological polar surface area (TPSA) is 105 Å². The molecule has 1 aliphatic heterocycles. The smallest absolute Gasteiger partial charge is 0.325 e. The molecule has 0 radical (unpaired) electrons. The summed E-state index contributed by atoms with van der Waals surface area (Å²) in [5, 5.41) is 9.01. The van der Waals surface area contributed by atoms with E-state index >= 15 is 0 Å². The second kappa shape index (κ2) is 7.22. The summed E-state index contributed by atoms with van der Waals surface area (Å²) < 4.78 is 4.89. The van der Waals surface area contributed by atoms with E-state index in [1.54, 1.807) is 13.0 Å². The van der Waals surface area contributed by atoms with Gasteiger partial charge in [0, 0.05) is 6.07 Å². The number of carbonyl (C=O) groups excluding carboxylic acids is 3. The van der Waals surface area contributed by atoms with Gasteiger partial charge >= 0.3 is 6.03 Å². The monoisotopic (exact) mass is 370 g/mol. The lowest BCUT2D eigenvalue weighted by Gasteiger charge is -2.29. The van der Waals surface area contributed by atoms with E-state index in [9.17, 15) is 14.4 Å². The fourth-order valence-corrected chi connectivity index (χ4v) is 3.31. The van der Waals surface area contributed by atoms with Gasteiger partial charge in [0.15, 0.2) is 5.82 Å². The Kier molecular flexibility index (Phi) is 4.98. The minimum absolute atomic E-state index is 0.154. The van der Waals surface area contributed by atoms with Crippen molar-refractivity contribution in [1.82, 2.24) is 15.4 Å². The maximum absolute atomic E-state index is 13.2. The largest absolute Gasteiger partial charge is 0.360 e. The van der Waals surface area contributed by atoms with Gasteiger partial charge in [-0.1, -0.05) is 49.3 Å². The van der Waals surface area contributed by atoms with Crippen molar-refractivity contribution < 1.29 is 18.9 Å². The molecule has 2 N–H and O–H groups in total. The number of nitrogens with zero attached hydrogens (tertiary/aromatic N) is 2. The Morgan fingerprint density at radius 2 is 2.00 bits per heavy atom. The van der Waals surface area contributed by atoms with Crippen LogP contribution >= 0.6 is 0 Å². The molecule has 2 heterocycles. The summed E-state index contributed by atoms with van der Waals surface area (Å²) in [5.74, 6) is -0.0261. The Balaban J connectivity index is 1.82. The average Bonchev–Trinajstić information content (AvgIpc) is 3.12. The molecule has 1 saturated heterocycles. The third kappa shape index (κ3) is 3.69. The Morgan fingerprint density at radius 1 is 1.30 bits per heavy atom. The number of aryl methyl sites for hydroxylation is 1. The molecule has 2 aromatic rings. The van der Waals surface area contributed by atoms with Gasteiger partial charge in [-0.3, -0.25) is 14.5 Å². The van der Waals surface area contributed by atoms with Crippen LogP contribution in [0.5, 0.6) is 0 Å². The molecular formula is C19H22N4O4. The van der Waals surface area contributed by atoms with E-state index in [4.69, 9.17) is 4.52 Å². The maximum atomic E-state index is 13.2. The minimum atomic E-state index is -1.17. The number of nitrogens with one attached hydrogen (secondary N) is 2. The molecule has 1 aliphatic rings. The summed E-state index contributed by atoms with van der Waals surface area (Å²) in [6.45, 7) is 5.25. The molecular weight excluding hydrogens is 348 g/mol. The van der Waals surface area contributed by atoms with Crippen molar-refractivity contribution in [2.75, 3.05) is 11.9 Å². The number of hydrogen-bond donors (Lipinski definition) is 2. The van der Waals surface area contributed by atoms with Crippen molar-refractivity contribution >= 4 is 23.7 Å². The first-order chi connectivity index (χ1) is 12.8. The molecule has 142 valence electrons. The zero-order valence-electron chi connectivity index (χ0n) is 15.5. The summed E-state index contributed by atoms with van der Waals surface area (Å²) in [6, 6.07) is 10.1. The van der Waals surface area contributed by atoms with Gasteiger partial charge in [0.2, 0.25) is 5.91 Å². The lowest BCUT2D eigenvalue weighted by atomic mass is 9.82. The van der Waals surface area contributed by atoms with Gasteiger partial charge in [0.1, 0.15) is 17.8 Å². The Hall–Kier alpha value is -3.16. The van der Waals surface area contributed by atoms with Crippen molar-refractivity contribution in [3.8, 4) is 0 Å². The predicted octanol–water partition coefficient (Wildman–Crippen LogP) is 2.41. The third-order valence-electron chi connectivity index (χ3n) is 4.35. The zero-order valence-corrected chi connectivity index (χ0v) is 15.5. The van der Waals surface area contributed by atoms with Gasteiger partial charge in [0.05, 0.1) is 0 Å². The van der Waals surface area contributed by atoms with E-state index in [0.29, 0.717) is 17.7 Å². The number of urea groups is 1. The molecule has 1 aromatic carbocycles. The van der Waals surface area contributed by atoms with Crippen LogP contribution in [0.4, 0.5) is 10.6 Å². The van der Waals surface area contributed by atoms with Gasteiger partial charge in [-0.15, -0.1) is 0 Å². The molecule has 0 bridgehead atoms. The van der Waals surface area contributed by atoms with Crippen LogP contribution < -0.4 is 10.6 Å². The molecule has 1 fully saturated rings. The van der Waals surface area contributed by atoms with E-state index < -0.39 is 29.9 Å². The molecule has 8 heteroatoms. The van der Waals surface area contributed by atoms with Crippen LogP contribution in [0.15, 0.2) is 40.9 Å². The van der Waals surface area contributed by atoms with E-state index in [2.05, 4.69) is 15.8 Å². The molecule has 27 heavy (non-hydrogen) atoms. The lowest BCUT2D eigenvalue weighted by Crippen LogP contribution is -2.45. The number of anilines is 1. The highest BCUT2D eigenvalue weighted by atomic mass is 16.5. The van der Waals surface area contributed by atoms with Crippen molar-refractivity contribution in [2.45, 2.75) is 32.7 Å². The highest BCUT2D eigenvalue weighted by Crippen LogP contribution is 2.35. The number of rotatable bonds is 6. The van der Waals surface area contributed by atoms with Crippen molar-refractivity contribution in [1.29, 1.82) is 0 Å². The van der Waals surface area contributed by atoms with Gasteiger partial charge < -0.3 is 15.2 Å². The molecule has 1 atom stereocenters. The van der Waals surface area contributed by atoms with Gasteiger partial charge in [-0.25, -0.2) is 4.79 Å². The second-order valence-corrected chi connectivity index (χ2v) is 7.06. The van der Waals surface area contributed by atoms with Crippen molar-refractivity contribution in [3.63, 3.8) is 0 Å². The quantitative estimate of drug-likeness (QED) is 0.760. The fourth-order valence-electron chi connectivity index (χ4n) is 3.31. The van der Waals surface area contributed by atoms with Crippen LogP contribution in [0.3, 0.4) is 0 Å². The van der Waals surface area contributed by atoms with Crippen LogP contribution in [0.2, 0.25) is 0 Å². The fraction of sp³-hybridized carbons (Fsp3) is 0.368. The standard InChI is InChI=1S/C19H22N4O4/c1-12(2)10-19(14-7-5-4-6-8-14)17(25)23(18(26)21-19)11-16(24)20-15-9-13(3)27-22-15/h4-9,12H,10-11H2,1-3H3,(H,21,26)(H,20,22,24)/t19-/m0/s1. The third-order valence-corrected chi connectivity index (χ3v) is 4.35. The van der Waals surface area contributed by atoms with Crippen LogP contribution in [0.1, 0.15) is 31.6 Å². The summed E-state index contributed by atoms with van der Waals surface area (Å²) in [6.07, 6.45) is 0.433. The molecule has 0 unspecified atom stereocenters. The normalized spacial score (nSPS) is 19.5. The Bertz CT molecular complexity index is 862. The van der Waals surface area contributed by atoms with Gasteiger partial charge in [0.25, 0.3) is 5.91 Å². The van der Waals surface area contributed by atoms with E-state index in [1.807, 2.05) is 44.2 Å². The number of imide groups is 1. The number of benzene rings is 1.